The second kappa shape index (κ2) is 5.79. The van der Waals surface area contributed by atoms with Crippen molar-refractivity contribution in [2.75, 3.05) is 0 Å². The van der Waals surface area contributed by atoms with E-state index in [0.717, 1.165) is 22.5 Å². The highest BCUT2D eigenvalue weighted by Gasteiger charge is 2.15. The van der Waals surface area contributed by atoms with Crippen molar-refractivity contribution < 1.29 is 0 Å². The van der Waals surface area contributed by atoms with Gasteiger partial charge in [-0.05, 0) is 18.2 Å². The van der Waals surface area contributed by atoms with E-state index in [9.17, 15) is 0 Å². The van der Waals surface area contributed by atoms with Crippen molar-refractivity contribution >= 4 is 39.9 Å². The van der Waals surface area contributed by atoms with Gasteiger partial charge in [0.05, 0.1) is 27.3 Å². The van der Waals surface area contributed by atoms with Crippen molar-refractivity contribution in [3.63, 3.8) is 0 Å². The predicted molar refractivity (Wildman–Crippen MR) is 101 cm³/mol. The molecule has 0 aliphatic rings. The molecule has 6 nitrogen and oxygen atoms in total. The molecule has 3 heterocycles. The highest BCUT2D eigenvalue weighted by Crippen LogP contribution is 2.27. The Morgan fingerprint density at radius 2 is 1.69 bits per heavy atom. The topological polar surface area (TPSA) is 60.9 Å². The summed E-state index contributed by atoms with van der Waals surface area (Å²) < 4.78 is 3.56. The summed E-state index contributed by atoms with van der Waals surface area (Å²) in [5, 5.41) is 14.8. The van der Waals surface area contributed by atoms with E-state index >= 15 is 0 Å². The van der Waals surface area contributed by atoms with Crippen LogP contribution in [0.5, 0.6) is 0 Å². The molecule has 2 aromatic carbocycles. The van der Waals surface area contributed by atoms with Gasteiger partial charge in [0.25, 0.3) is 0 Å². The average Bonchev–Trinajstić information content (AvgIpc) is 3.28. The molecule has 0 saturated heterocycles. The number of nitrogens with zero attached hydrogens (tertiary/aromatic N) is 6. The number of hydrogen-bond donors (Lipinski definition) is 0. The normalized spacial score (nSPS) is 11.5. The molecule has 0 aliphatic carbocycles. The van der Waals surface area contributed by atoms with Crippen LogP contribution in [0.3, 0.4) is 0 Å². The monoisotopic (exact) mass is 380 g/mol. The SMILES string of the molecule is Clc1ccc(-n2ncc3c2ncn2c(-c4ccccc4)nnc32)cc1Cl. The number of aromatic nitrogens is 6. The van der Waals surface area contributed by atoms with Crippen molar-refractivity contribution in [1.29, 1.82) is 0 Å². The first-order valence-corrected chi connectivity index (χ1v) is 8.56. The molecular formula is C18H10Cl2N6. The van der Waals surface area contributed by atoms with Crippen LogP contribution >= 0.6 is 23.2 Å². The fourth-order valence-electron chi connectivity index (χ4n) is 2.91. The van der Waals surface area contributed by atoms with Gasteiger partial charge in [-0.1, -0.05) is 53.5 Å². The van der Waals surface area contributed by atoms with Crippen LogP contribution in [0.15, 0.2) is 61.1 Å². The molecule has 0 N–H and O–H groups in total. The van der Waals surface area contributed by atoms with E-state index in [2.05, 4.69) is 20.3 Å². The maximum Gasteiger partial charge on any atom is 0.175 e. The fraction of sp³-hybridized carbons (Fsp3) is 0. The average molecular weight is 381 g/mol. The Morgan fingerprint density at radius 1 is 0.846 bits per heavy atom. The molecular weight excluding hydrogens is 371 g/mol. The minimum Gasteiger partial charge on any atom is -0.265 e. The Hall–Kier alpha value is -2.96. The zero-order valence-electron chi connectivity index (χ0n) is 13.2. The molecule has 0 saturated carbocycles. The summed E-state index contributed by atoms with van der Waals surface area (Å²) in [4.78, 5) is 4.56. The number of halogens is 2. The molecule has 0 fully saturated rings. The van der Waals surface area contributed by atoms with Gasteiger partial charge in [-0.2, -0.15) is 5.10 Å². The van der Waals surface area contributed by atoms with E-state index in [1.54, 1.807) is 29.3 Å². The molecule has 26 heavy (non-hydrogen) atoms. The van der Waals surface area contributed by atoms with Gasteiger partial charge in [0.1, 0.15) is 6.33 Å². The Bertz CT molecular complexity index is 1260. The van der Waals surface area contributed by atoms with Crippen molar-refractivity contribution in [3.05, 3.63) is 71.1 Å². The van der Waals surface area contributed by atoms with Gasteiger partial charge in [0.2, 0.25) is 0 Å². The lowest BCUT2D eigenvalue weighted by atomic mass is 10.2. The van der Waals surface area contributed by atoms with E-state index in [0.29, 0.717) is 21.3 Å². The quantitative estimate of drug-likeness (QED) is 0.454. The maximum atomic E-state index is 6.13. The minimum atomic E-state index is 0.461. The van der Waals surface area contributed by atoms with Gasteiger partial charge < -0.3 is 0 Å². The van der Waals surface area contributed by atoms with E-state index in [1.807, 2.05) is 40.8 Å². The van der Waals surface area contributed by atoms with Gasteiger partial charge in [0, 0.05) is 5.56 Å². The molecule has 126 valence electrons. The molecule has 5 rings (SSSR count). The summed E-state index contributed by atoms with van der Waals surface area (Å²) in [6.07, 6.45) is 3.43. The first kappa shape index (κ1) is 15.3. The first-order chi connectivity index (χ1) is 12.7. The van der Waals surface area contributed by atoms with Crippen LogP contribution in [-0.4, -0.2) is 29.4 Å². The second-order valence-electron chi connectivity index (χ2n) is 5.72. The van der Waals surface area contributed by atoms with Crippen LogP contribution in [0, 0.1) is 0 Å². The van der Waals surface area contributed by atoms with Crippen LogP contribution < -0.4 is 0 Å². The largest absolute Gasteiger partial charge is 0.265 e. The highest BCUT2D eigenvalue weighted by molar-refractivity contribution is 6.42. The highest BCUT2D eigenvalue weighted by atomic mass is 35.5. The molecule has 0 aliphatic heterocycles. The Balaban J connectivity index is 1.72. The smallest absolute Gasteiger partial charge is 0.175 e. The van der Waals surface area contributed by atoms with E-state index < -0.39 is 0 Å². The zero-order chi connectivity index (χ0) is 17.7. The third-order valence-electron chi connectivity index (χ3n) is 4.16. The third-order valence-corrected chi connectivity index (χ3v) is 4.89. The molecule has 8 heteroatoms. The Morgan fingerprint density at radius 3 is 2.50 bits per heavy atom. The molecule has 0 amide bonds. The second-order valence-corrected chi connectivity index (χ2v) is 6.53. The number of rotatable bonds is 2. The summed E-state index contributed by atoms with van der Waals surface area (Å²) in [6.45, 7) is 0. The van der Waals surface area contributed by atoms with Crippen LogP contribution in [-0.2, 0) is 0 Å². The Labute approximate surface area is 157 Å². The van der Waals surface area contributed by atoms with Crippen LogP contribution in [0.25, 0.3) is 33.8 Å². The van der Waals surface area contributed by atoms with Crippen molar-refractivity contribution in [2.24, 2.45) is 0 Å². The summed E-state index contributed by atoms with van der Waals surface area (Å²) in [5.41, 5.74) is 3.11. The lowest BCUT2D eigenvalue weighted by molar-refractivity contribution is 0.893. The van der Waals surface area contributed by atoms with Crippen molar-refractivity contribution in [2.45, 2.75) is 0 Å². The molecule has 0 atom stereocenters. The molecule has 3 aromatic heterocycles. The standard InChI is InChI=1S/C18H10Cl2N6/c19-14-7-6-12(8-15(14)20)26-17-13(9-22-26)18-24-23-16(25(18)10-21-17)11-4-2-1-3-5-11/h1-10H. The summed E-state index contributed by atoms with van der Waals surface area (Å²) in [7, 11) is 0. The first-order valence-electron chi connectivity index (χ1n) is 7.81. The fourth-order valence-corrected chi connectivity index (χ4v) is 3.20. The molecule has 0 unspecified atom stereocenters. The molecule has 0 bridgehead atoms. The van der Waals surface area contributed by atoms with Crippen LogP contribution in [0.4, 0.5) is 0 Å². The maximum absolute atomic E-state index is 6.13. The predicted octanol–water partition coefficient (Wildman–Crippen LogP) is 4.44. The molecule has 0 radical (unpaired) electrons. The summed E-state index contributed by atoms with van der Waals surface area (Å²) >= 11 is 12.1. The number of benzene rings is 2. The number of hydrogen-bond acceptors (Lipinski definition) is 4. The molecule has 5 aromatic rings. The van der Waals surface area contributed by atoms with E-state index in [1.165, 1.54) is 0 Å². The van der Waals surface area contributed by atoms with Gasteiger partial charge >= 0.3 is 0 Å². The number of fused-ring (bicyclic) bond motifs is 3. The van der Waals surface area contributed by atoms with Gasteiger partial charge in [-0.3, -0.25) is 4.40 Å². The Kier molecular flexibility index (Phi) is 3.41. The van der Waals surface area contributed by atoms with Gasteiger partial charge in [-0.25, -0.2) is 9.67 Å². The van der Waals surface area contributed by atoms with Crippen LogP contribution in [0.2, 0.25) is 10.0 Å². The molecule has 0 spiro atoms. The van der Waals surface area contributed by atoms with Crippen molar-refractivity contribution in [3.8, 4) is 17.1 Å². The van der Waals surface area contributed by atoms with E-state index in [-0.39, 0.29) is 0 Å². The zero-order valence-corrected chi connectivity index (χ0v) is 14.7. The van der Waals surface area contributed by atoms with Gasteiger partial charge in [-0.15, -0.1) is 10.2 Å². The minimum absolute atomic E-state index is 0.461. The van der Waals surface area contributed by atoms with Gasteiger partial charge in [0.15, 0.2) is 17.1 Å². The lowest BCUT2D eigenvalue weighted by Crippen LogP contribution is -1.99. The van der Waals surface area contributed by atoms with Crippen LogP contribution in [0.1, 0.15) is 0 Å². The third kappa shape index (κ3) is 2.27. The lowest BCUT2D eigenvalue weighted by Gasteiger charge is -2.05. The van der Waals surface area contributed by atoms with Crippen molar-refractivity contribution in [1.82, 2.24) is 29.4 Å². The van der Waals surface area contributed by atoms with E-state index in [4.69, 9.17) is 23.2 Å². The summed E-state index contributed by atoms with van der Waals surface area (Å²) in [6, 6.07) is 15.2. The summed E-state index contributed by atoms with van der Waals surface area (Å²) in [5.74, 6) is 0.734.